The molecule has 5 heteroatoms. The molecule has 11 heavy (non-hydrogen) atoms. The first-order valence-electron chi connectivity index (χ1n) is 2.40. The van der Waals surface area contributed by atoms with Crippen LogP contribution in [0, 0.1) is 5.82 Å². The van der Waals surface area contributed by atoms with Gasteiger partial charge in [-0.3, -0.25) is 0 Å². The van der Waals surface area contributed by atoms with Crippen LogP contribution in [0.4, 0.5) is 4.39 Å². The van der Waals surface area contributed by atoms with Gasteiger partial charge in [-0.15, -0.1) is 0 Å². The molecule has 0 spiro atoms. The molecule has 0 aliphatic heterocycles. The zero-order chi connectivity index (χ0) is 6.85. The molecule has 0 saturated heterocycles. The maximum Gasteiger partial charge on any atom is -0.870 e. The molecule has 0 heterocycles. The van der Waals surface area contributed by atoms with Gasteiger partial charge >= 0.3 is 58.3 Å². The maximum absolute atomic E-state index is 12.4. The minimum atomic E-state index is -0.475. The Labute approximate surface area is 70.0 Å². The fraction of sp³-hybridized carbons (Fsp3) is 0. The molecule has 1 aromatic carbocycles. The van der Waals surface area contributed by atoms with Gasteiger partial charge in [-0.05, 0) is 0 Å². The first-order valence-corrected chi connectivity index (χ1v) is 2.78. The third-order valence-electron chi connectivity index (χ3n) is 0.944. The minimum Gasteiger partial charge on any atom is -0.870 e. The summed E-state index contributed by atoms with van der Waals surface area (Å²) in [6.07, 6.45) is 0. The molecule has 0 aliphatic carbocycles. The third-order valence-corrected chi connectivity index (χ3v) is 1.25. The van der Waals surface area contributed by atoms with Crippen LogP contribution in [-0.4, -0.2) is 18.8 Å². The van der Waals surface area contributed by atoms with Gasteiger partial charge < -0.3 is 11.0 Å². The summed E-state index contributed by atoms with van der Waals surface area (Å²) < 4.78 is 12.4. The predicted molar refractivity (Wildman–Crippen MR) is 40.7 cm³/mol. The van der Waals surface area contributed by atoms with Crippen molar-refractivity contribution in [2.75, 3.05) is 0 Å². The van der Waals surface area contributed by atoms with Crippen molar-refractivity contribution in [2.24, 2.45) is 0 Å². The Balaban J connectivity index is 0. The SMILES string of the molecule is [B+2]c1ccc(Cl)c(F)c1.[OH-].[OH-]. The third kappa shape index (κ3) is 3.37. The van der Waals surface area contributed by atoms with E-state index in [4.69, 9.17) is 19.4 Å². The van der Waals surface area contributed by atoms with E-state index < -0.39 is 5.82 Å². The monoisotopic (exact) mass is 174 g/mol. The van der Waals surface area contributed by atoms with Crippen LogP contribution in [-0.2, 0) is 0 Å². The number of hydrogen-bond acceptors (Lipinski definition) is 2. The summed E-state index contributed by atoms with van der Waals surface area (Å²) in [6.45, 7) is 0. The Morgan fingerprint density at radius 3 is 2.18 bits per heavy atom. The first kappa shape index (κ1) is 13.0. The summed E-state index contributed by atoms with van der Waals surface area (Å²) in [5.41, 5.74) is 0.386. The van der Waals surface area contributed by atoms with Crippen molar-refractivity contribution >= 4 is 24.9 Å². The maximum atomic E-state index is 12.4. The van der Waals surface area contributed by atoms with E-state index in [0.717, 1.165) is 0 Å². The Bertz CT molecular complexity index is 232. The van der Waals surface area contributed by atoms with E-state index in [0.29, 0.717) is 5.46 Å². The molecular formula is C6H5BClFO2. The summed E-state index contributed by atoms with van der Waals surface area (Å²) in [5, 5.41) is 0.101. The average molecular weight is 174 g/mol. The van der Waals surface area contributed by atoms with E-state index in [-0.39, 0.29) is 16.0 Å². The van der Waals surface area contributed by atoms with Crippen LogP contribution < -0.4 is 5.46 Å². The van der Waals surface area contributed by atoms with Crippen molar-refractivity contribution in [3.63, 3.8) is 0 Å². The Kier molecular flexibility index (Phi) is 6.08. The Morgan fingerprint density at radius 1 is 1.27 bits per heavy atom. The number of benzene rings is 1. The summed E-state index contributed by atoms with van der Waals surface area (Å²) >= 11 is 5.35. The Morgan fingerprint density at radius 2 is 1.82 bits per heavy atom. The molecule has 1 rings (SSSR count). The molecule has 0 atom stereocenters. The van der Waals surface area contributed by atoms with Gasteiger partial charge in [0.1, 0.15) is 0 Å². The van der Waals surface area contributed by atoms with E-state index in [2.05, 4.69) is 0 Å². The largest absolute Gasteiger partial charge is 0.870 e. The first-order chi connectivity index (χ1) is 4.20. The smallest absolute Gasteiger partial charge is 0.870 e. The van der Waals surface area contributed by atoms with Crippen LogP contribution in [0.5, 0.6) is 0 Å². The molecule has 0 aliphatic rings. The van der Waals surface area contributed by atoms with E-state index >= 15 is 0 Å². The summed E-state index contributed by atoms with van der Waals surface area (Å²) in [6, 6.07) is 4.15. The van der Waals surface area contributed by atoms with Crippen molar-refractivity contribution in [2.45, 2.75) is 0 Å². The second-order valence-corrected chi connectivity index (χ2v) is 2.08. The van der Waals surface area contributed by atoms with E-state index in [1.807, 2.05) is 0 Å². The number of rotatable bonds is 0. The Hall–Kier alpha value is -0.575. The van der Waals surface area contributed by atoms with E-state index in [1.54, 1.807) is 6.07 Å². The minimum absolute atomic E-state index is 0. The van der Waals surface area contributed by atoms with E-state index in [1.165, 1.54) is 12.1 Å². The number of hydrogen-bond donors (Lipinski definition) is 0. The normalized spacial score (nSPS) is 8.00. The topological polar surface area (TPSA) is 60.0 Å². The summed E-state index contributed by atoms with van der Waals surface area (Å²) in [5.74, 6) is -0.475. The van der Waals surface area contributed by atoms with Crippen molar-refractivity contribution in [3.8, 4) is 0 Å². The van der Waals surface area contributed by atoms with Gasteiger partial charge in [0.2, 0.25) is 0 Å². The van der Waals surface area contributed by atoms with Gasteiger partial charge in [0.25, 0.3) is 0 Å². The second kappa shape index (κ2) is 5.13. The quantitative estimate of drug-likeness (QED) is 0.549. The molecule has 0 aromatic heterocycles. The van der Waals surface area contributed by atoms with Crippen molar-refractivity contribution < 1.29 is 15.3 Å². The van der Waals surface area contributed by atoms with Crippen LogP contribution >= 0.6 is 11.6 Å². The molecule has 0 fully saturated rings. The molecule has 2 N–H and O–H groups in total. The molecule has 0 unspecified atom stereocenters. The average Bonchev–Trinajstić information content (AvgIpc) is 1.80. The second-order valence-electron chi connectivity index (χ2n) is 1.67. The molecule has 58 valence electrons. The summed E-state index contributed by atoms with van der Waals surface area (Å²) in [7, 11) is 5.23. The molecule has 2 nitrogen and oxygen atoms in total. The van der Waals surface area contributed by atoms with Gasteiger partial charge in [0.05, 0.1) is 0 Å². The number of halogens is 2. The fourth-order valence-electron chi connectivity index (χ4n) is 0.512. The molecule has 1 aromatic rings. The molecule has 0 amide bonds. The fourth-order valence-corrected chi connectivity index (χ4v) is 0.630. The van der Waals surface area contributed by atoms with Crippen molar-refractivity contribution in [1.82, 2.24) is 0 Å². The van der Waals surface area contributed by atoms with Gasteiger partial charge in [0.15, 0.2) is 0 Å². The molecule has 0 saturated carbocycles. The van der Waals surface area contributed by atoms with Gasteiger partial charge in [-0.1, -0.05) is 0 Å². The van der Waals surface area contributed by atoms with Gasteiger partial charge in [0, 0.05) is 0 Å². The predicted octanol–water partition coefficient (Wildman–Crippen LogP) is 0.919. The van der Waals surface area contributed by atoms with E-state index in [9.17, 15) is 4.39 Å². The van der Waals surface area contributed by atoms with Gasteiger partial charge in [-0.25, -0.2) is 0 Å². The van der Waals surface area contributed by atoms with Crippen LogP contribution in [0.25, 0.3) is 0 Å². The molecule has 0 bridgehead atoms. The van der Waals surface area contributed by atoms with Crippen LogP contribution in [0.3, 0.4) is 0 Å². The van der Waals surface area contributed by atoms with Gasteiger partial charge in [-0.2, -0.15) is 0 Å². The molecular weight excluding hydrogens is 169 g/mol. The van der Waals surface area contributed by atoms with Crippen LogP contribution in [0.1, 0.15) is 0 Å². The van der Waals surface area contributed by atoms with Crippen molar-refractivity contribution in [3.05, 3.63) is 29.0 Å². The molecule has 0 radical (unpaired) electrons. The van der Waals surface area contributed by atoms with Crippen LogP contribution in [0.2, 0.25) is 5.02 Å². The zero-order valence-electron chi connectivity index (χ0n) is 5.46. The zero-order valence-corrected chi connectivity index (χ0v) is 6.22. The summed E-state index contributed by atoms with van der Waals surface area (Å²) in [4.78, 5) is 0. The standard InChI is InChI=1S/C6H3BClF.2H2O/c7-4-1-2-5(8)6(9)3-4;;/h1-3H;2*1H2/q+2;;/p-2. The van der Waals surface area contributed by atoms with Crippen molar-refractivity contribution in [1.29, 1.82) is 0 Å². The van der Waals surface area contributed by atoms with Crippen LogP contribution in [0.15, 0.2) is 18.2 Å².